The number of hydrogen-bond acceptors (Lipinski definition) is 7. The Morgan fingerprint density at radius 3 is 0.851 bits per heavy atom. The van der Waals surface area contributed by atoms with Crippen LogP contribution in [-0.2, 0) is 32.7 Å². The van der Waals surface area contributed by atoms with Crippen LogP contribution in [0.5, 0.6) is 0 Å². The van der Waals surface area contributed by atoms with Gasteiger partial charge in [0.2, 0.25) is 0 Å². The highest BCUT2D eigenvalue weighted by molar-refractivity contribution is 7.47. The molecule has 0 fully saturated rings. The molecule has 2 atom stereocenters. The van der Waals surface area contributed by atoms with Gasteiger partial charge < -0.3 is 18.9 Å². The van der Waals surface area contributed by atoms with Crippen molar-refractivity contribution < 1.29 is 42.1 Å². The van der Waals surface area contributed by atoms with Crippen LogP contribution in [0.15, 0.2) is 158 Å². The summed E-state index contributed by atoms with van der Waals surface area (Å²) in [6.07, 6.45) is 109. The van der Waals surface area contributed by atoms with E-state index in [-0.39, 0.29) is 32.0 Å². The number of carbonyl (C=O) groups excluding carboxylic acids is 2. The van der Waals surface area contributed by atoms with Crippen molar-refractivity contribution >= 4 is 19.8 Å². The van der Waals surface area contributed by atoms with Gasteiger partial charge in [-0.25, -0.2) is 4.57 Å². The Bertz CT molecular complexity index is 2150. The summed E-state index contributed by atoms with van der Waals surface area (Å²) in [5.74, 6) is -0.797. The van der Waals surface area contributed by atoms with Crippen LogP contribution in [0.4, 0.5) is 0 Å². The maximum absolute atomic E-state index is 12.9. The highest BCUT2D eigenvalue weighted by atomic mass is 31.2. The summed E-state index contributed by atoms with van der Waals surface area (Å²) in [5.41, 5.74) is 0. The Kier molecular flexibility index (Phi) is 69.5. The van der Waals surface area contributed by atoms with Gasteiger partial charge in [0.15, 0.2) is 6.10 Å². The van der Waals surface area contributed by atoms with E-state index in [0.29, 0.717) is 17.4 Å². The fraction of sp³-hybridized carbons (Fsp3) is 0.667. The molecule has 0 aliphatic carbocycles. The molecule has 94 heavy (non-hydrogen) atoms. The van der Waals surface area contributed by atoms with Gasteiger partial charge in [0.25, 0.3) is 0 Å². The number of phosphoric acid groups is 1. The van der Waals surface area contributed by atoms with Gasteiger partial charge >= 0.3 is 19.8 Å². The molecule has 2 unspecified atom stereocenters. The molecule has 0 saturated heterocycles. The van der Waals surface area contributed by atoms with Gasteiger partial charge in [-0.15, -0.1) is 0 Å². The van der Waals surface area contributed by atoms with Crippen molar-refractivity contribution in [1.82, 2.24) is 0 Å². The van der Waals surface area contributed by atoms with Crippen LogP contribution in [0, 0.1) is 0 Å². The first-order valence-electron chi connectivity index (χ1n) is 38.2. The van der Waals surface area contributed by atoms with Crippen molar-refractivity contribution in [3.63, 3.8) is 0 Å². The number of allylic oxidation sites excluding steroid dienone is 26. The van der Waals surface area contributed by atoms with Gasteiger partial charge in [-0.1, -0.05) is 332 Å². The molecular weight excluding hydrogens is 1180 g/mol. The molecular formula is C84H143NO8P+. The molecule has 0 spiro atoms. The number of nitrogens with zero attached hydrogens (tertiary/aromatic N) is 1. The maximum Gasteiger partial charge on any atom is 0.472 e. The van der Waals surface area contributed by atoms with Crippen molar-refractivity contribution in [1.29, 1.82) is 0 Å². The number of rotatable bonds is 69. The third-order valence-corrected chi connectivity index (χ3v) is 17.0. The molecule has 0 aromatic carbocycles. The standard InChI is InChI=1S/C84H142NO8P/c1-6-8-10-12-14-16-18-20-22-24-26-28-30-32-34-36-37-38-39-40-41-42-43-44-45-46-47-49-51-53-55-57-59-61-63-65-67-69-71-73-75-77-84(87)93-82(81-92-94(88,89)91-79-78-85(3,4)5)80-90-83(86)76-74-72-70-68-66-64-62-60-58-56-54-52-50-48-35-33-31-29-27-25-23-21-19-17-15-13-11-9-7-2/h8-11,14-17,20-23,26-29,32,34,37-38,40-41,43-44,46-47,82H,6-7,12-13,18-19,24-25,30-31,33,35-36,39,42,45,48-81H2,1-5H3/p+1/b10-8-,11-9-,16-14-,17-15-,22-20-,23-21-,28-26-,29-27-,34-32-,38-37-,41-40-,44-43-,47-46-. The molecule has 9 nitrogen and oxygen atoms in total. The van der Waals surface area contributed by atoms with E-state index in [4.69, 9.17) is 18.5 Å². The zero-order valence-corrected chi connectivity index (χ0v) is 62.0. The zero-order chi connectivity index (χ0) is 68.3. The number of likely N-dealkylation sites (N-methyl/N-ethyl adjacent to an activating group) is 1. The van der Waals surface area contributed by atoms with Crippen LogP contribution < -0.4 is 0 Å². The monoisotopic (exact) mass is 1330 g/mol. The Morgan fingerprint density at radius 1 is 0.330 bits per heavy atom. The first kappa shape index (κ1) is 89.6. The molecule has 0 aromatic heterocycles. The third-order valence-electron chi connectivity index (χ3n) is 16.1. The minimum atomic E-state index is -4.40. The van der Waals surface area contributed by atoms with Crippen LogP contribution >= 0.6 is 7.82 Å². The van der Waals surface area contributed by atoms with Gasteiger partial charge in [-0.3, -0.25) is 18.6 Å². The Balaban J connectivity index is 4.03. The second-order valence-corrected chi connectivity index (χ2v) is 27.7. The van der Waals surface area contributed by atoms with Gasteiger partial charge in [-0.2, -0.15) is 0 Å². The van der Waals surface area contributed by atoms with Crippen molar-refractivity contribution in [2.45, 2.75) is 315 Å². The zero-order valence-electron chi connectivity index (χ0n) is 61.1. The molecule has 0 radical (unpaired) electrons. The number of ether oxygens (including phenoxy) is 2. The minimum Gasteiger partial charge on any atom is -0.462 e. The van der Waals surface area contributed by atoms with E-state index >= 15 is 0 Å². The molecule has 10 heteroatoms. The summed E-state index contributed by atoms with van der Waals surface area (Å²) in [7, 11) is 1.47. The lowest BCUT2D eigenvalue weighted by Gasteiger charge is -2.24. The summed E-state index contributed by atoms with van der Waals surface area (Å²) in [4.78, 5) is 36.0. The molecule has 1 N–H and O–H groups in total. The molecule has 0 saturated carbocycles. The fourth-order valence-electron chi connectivity index (χ4n) is 10.3. The number of carbonyl (C=O) groups is 2. The number of quaternary nitrogens is 1. The largest absolute Gasteiger partial charge is 0.472 e. The molecule has 0 heterocycles. The summed E-state index contributed by atoms with van der Waals surface area (Å²) < 4.78 is 34.8. The lowest BCUT2D eigenvalue weighted by atomic mass is 10.0. The van der Waals surface area contributed by atoms with E-state index in [0.717, 1.165) is 122 Å². The molecule has 0 amide bonds. The van der Waals surface area contributed by atoms with Gasteiger partial charge in [0.05, 0.1) is 27.7 Å². The van der Waals surface area contributed by atoms with E-state index in [2.05, 4.69) is 172 Å². The van der Waals surface area contributed by atoms with Crippen LogP contribution in [0.25, 0.3) is 0 Å². The molecule has 0 rings (SSSR count). The Morgan fingerprint density at radius 2 is 0.574 bits per heavy atom. The van der Waals surface area contributed by atoms with Crippen LogP contribution in [-0.4, -0.2) is 74.9 Å². The number of unbranched alkanes of at least 4 members (excludes halogenated alkanes) is 29. The Hall–Kier alpha value is -4.37. The predicted molar refractivity (Wildman–Crippen MR) is 408 cm³/mol. The third kappa shape index (κ3) is 76.6. The Labute approximate surface area is 579 Å². The summed E-state index contributed by atoms with van der Waals surface area (Å²) in [6.45, 7) is 4.22. The number of esters is 2. The lowest BCUT2D eigenvalue weighted by molar-refractivity contribution is -0.870. The smallest absolute Gasteiger partial charge is 0.462 e. The van der Waals surface area contributed by atoms with E-state index < -0.39 is 26.5 Å². The van der Waals surface area contributed by atoms with Crippen molar-refractivity contribution in [3.05, 3.63) is 158 Å². The lowest BCUT2D eigenvalue weighted by Crippen LogP contribution is -2.37. The average Bonchev–Trinajstić information content (AvgIpc) is 1.57. The summed E-state index contributed by atoms with van der Waals surface area (Å²) in [5, 5.41) is 0. The predicted octanol–water partition coefficient (Wildman–Crippen LogP) is 25.5. The SMILES string of the molecule is CC/C=C\C/C=C\C/C=C\C/C=C\C/C=C\C/C=C\C/C=C\C/C=C\C/C=C\CCCCCCCCCCCCCCCC(=O)OC(COC(=O)CCCCCCCCCCCCCCCCCC/C=C\C/C=C\C/C=C\C/C=C\CC)COP(=O)(O)OCC[N+](C)(C)C. The number of hydrogen-bond donors (Lipinski definition) is 1. The molecule has 536 valence electrons. The van der Waals surface area contributed by atoms with Gasteiger partial charge in [-0.05, 0) is 122 Å². The topological polar surface area (TPSA) is 108 Å². The van der Waals surface area contributed by atoms with Crippen molar-refractivity contribution in [3.8, 4) is 0 Å². The minimum absolute atomic E-state index is 0.0263. The van der Waals surface area contributed by atoms with Crippen LogP contribution in [0.1, 0.15) is 309 Å². The van der Waals surface area contributed by atoms with Crippen LogP contribution in [0.2, 0.25) is 0 Å². The molecule has 0 aliphatic heterocycles. The van der Waals surface area contributed by atoms with E-state index in [9.17, 15) is 19.0 Å². The quantitative estimate of drug-likeness (QED) is 0.0211. The van der Waals surface area contributed by atoms with E-state index in [1.165, 1.54) is 154 Å². The number of phosphoric ester groups is 1. The van der Waals surface area contributed by atoms with Crippen LogP contribution in [0.3, 0.4) is 0 Å². The second-order valence-electron chi connectivity index (χ2n) is 26.3. The first-order valence-corrected chi connectivity index (χ1v) is 39.7. The van der Waals surface area contributed by atoms with Crippen molar-refractivity contribution in [2.24, 2.45) is 0 Å². The second kappa shape index (κ2) is 72.9. The summed E-state index contributed by atoms with van der Waals surface area (Å²) >= 11 is 0. The highest BCUT2D eigenvalue weighted by Gasteiger charge is 2.27. The van der Waals surface area contributed by atoms with Gasteiger partial charge in [0.1, 0.15) is 19.8 Å². The molecule has 0 aromatic rings. The van der Waals surface area contributed by atoms with Gasteiger partial charge in [0, 0.05) is 12.8 Å². The first-order chi connectivity index (χ1) is 46.0. The normalized spacial score (nSPS) is 14.0. The van der Waals surface area contributed by atoms with Crippen molar-refractivity contribution in [2.75, 3.05) is 47.5 Å². The maximum atomic E-state index is 12.9. The summed E-state index contributed by atoms with van der Waals surface area (Å²) in [6, 6.07) is 0. The van der Waals surface area contributed by atoms with E-state index in [1.54, 1.807) is 0 Å². The molecule has 0 bridgehead atoms. The fourth-order valence-corrected chi connectivity index (χ4v) is 11.0. The average molecular weight is 1330 g/mol. The van der Waals surface area contributed by atoms with E-state index in [1.807, 2.05) is 21.1 Å². The molecule has 0 aliphatic rings. The highest BCUT2D eigenvalue weighted by Crippen LogP contribution is 2.43.